The van der Waals surface area contributed by atoms with Gasteiger partial charge in [0, 0.05) is 24.0 Å². The first-order valence-electron chi connectivity index (χ1n) is 8.65. The highest BCUT2D eigenvalue weighted by Crippen LogP contribution is 2.26. The fourth-order valence-electron chi connectivity index (χ4n) is 2.37. The molecule has 144 valence electrons. The lowest BCUT2D eigenvalue weighted by Crippen LogP contribution is -2.14. The second-order valence-electron chi connectivity index (χ2n) is 5.99. The number of nitrogens with zero attached hydrogens (tertiary/aromatic N) is 2. The Bertz CT molecular complexity index is 933. The Balaban J connectivity index is 2.08. The molecule has 1 amide bonds. The number of amides is 1. The number of anilines is 2. The summed E-state index contributed by atoms with van der Waals surface area (Å²) in [5.74, 6) is -0.599. The second kappa shape index (κ2) is 10.1. The van der Waals surface area contributed by atoms with Crippen LogP contribution >= 0.6 is 11.6 Å². The molecule has 0 unspecified atom stereocenters. The largest absolute Gasteiger partial charge is 0.359 e. The highest BCUT2D eigenvalue weighted by Gasteiger charge is 2.12. The van der Waals surface area contributed by atoms with Gasteiger partial charge in [0.05, 0.1) is 15.6 Å². The van der Waals surface area contributed by atoms with Crippen LogP contribution in [-0.4, -0.2) is 10.8 Å². The van der Waals surface area contributed by atoms with Crippen molar-refractivity contribution in [3.05, 3.63) is 74.9 Å². The van der Waals surface area contributed by atoms with Crippen LogP contribution in [0.15, 0.2) is 54.2 Å². The number of carbonyl (C=O) groups is 1. The molecule has 0 saturated heterocycles. The molecule has 0 aliphatic carbocycles. The number of non-ortho nitro benzene ring substituents is 1. The number of unbranched alkanes of at least 4 members (excludes halogenated alkanes) is 1. The minimum atomic E-state index is -0.599. The summed E-state index contributed by atoms with van der Waals surface area (Å²) in [6.45, 7) is 2.12. The molecule has 28 heavy (non-hydrogen) atoms. The molecule has 0 heterocycles. The van der Waals surface area contributed by atoms with Gasteiger partial charge >= 0.3 is 0 Å². The molecule has 0 aromatic heterocycles. The summed E-state index contributed by atoms with van der Waals surface area (Å²) in [5.41, 5.74) is 1.61. The molecule has 7 nitrogen and oxygen atoms in total. The Morgan fingerprint density at radius 1 is 1.29 bits per heavy atom. The van der Waals surface area contributed by atoms with E-state index in [0.717, 1.165) is 25.5 Å². The molecule has 2 aromatic rings. The van der Waals surface area contributed by atoms with Gasteiger partial charge in [-0.25, -0.2) is 0 Å². The molecule has 0 radical (unpaired) electrons. The molecule has 0 saturated carbocycles. The van der Waals surface area contributed by atoms with E-state index in [-0.39, 0.29) is 22.0 Å². The number of carbonyl (C=O) groups excluding carboxylic acids is 1. The molecule has 2 aromatic carbocycles. The van der Waals surface area contributed by atoms with Crippen LogP contribution in [0.25, 0.3) is 0 Å². The SMILES string of the molecule is CCCCc1ccc(NC(=O)/C(C#N)=C\Nc2cc([N+](=O)[O-])ccc2Cl)cc1. The van der Waals surface area contributed by atoms with Gasteiger partial charge in [-0.15, -0.1) is 0 Å². The predicted molar refractivity (Wildman–Crippen MR) is 109 cm³/mol. The minimum absolute atomic E-state index is 0.161. The summed E-state index contributed by atoms with van der Waals surface area (Å²) >= 11 is 5.99. The van der Waals surface area contributed by atoms with Crippen molar-refractivity contribution in [2.75, 3.05) is 10.6 Å². The first-order chi connectivity index (χ1) is 13.4. The van der Waals surface area contributed by atoms with Crippen LogP contribution in [0, 0.1) is 21.4 Å². The quantitative estimate of drug-likeness (QED) is 0.280. The van der Waals surface area contributed by atoms with Gasteiger partial charge in [-0.1, -0.05) is 37.1 Å². The maximum atomic E-state index is 12.3. The molecular formula is C20H19ClN4O3. The first-order valence-corrected chi connectivity index (χ1v) is 9.03. The summed E-state index contributed by atoms with van der Waals surface area (Å²) in [4.78, 5) is 22.6. The van der Waals surface area contributed by atoms with Crippen molar-refractivity contribution in [1.29, 1.82) is 5.26 Å². The van der Waals surface area contributed by atoms with Crippen molar-refractivity contribution in [2.24, 2.45) is 0 Å². The Morgan fingerprint density at radius 2 is 2.00 bits per heavy atom. The maximum Gasteiger partial charge on any atom is 0.271 e. The van der Waals surface area contributed by atoms with Gasteiger partial charge in [-0.3, -0.25) is 14.9 Å². The van der Waals surface area contributed by atoms with E-state index in [1.165, 1.54) is 23.8 Å². The van der Waals surface area contributed by atoms with Crippen molar-refractivity contribution in [1.82, 2.24) is 0 Å². The van der Waals surface area contributed by atoms with Gasteiger partial charge in [-0.2, -0.15) is 5.26 Å². The normalized spacial score (nSPS) is 10.8. The van der Waals surface area contributed by atoms with Gasteiger partial charge in [0.1, 0.15) is 11.6 Å². The number of nitrogens with one attached hydrogen (secondary N) is 2. The van der Waals surface area contributed by atoms with Crippen LogP contribution in [0.1, 0.15) is 25.3 Å². The molecule has 8 heteroatoms. The third-order valence-corrected chi connectivity index (χ3v) is 4.26. The number of aryl methyl sites for hydroxylation is 1. The lowest BCUT2D eigenvalue weighted by Gasteiger charge is -2.07. The van der Waals surface area contributed by atoms with Crippen molar-refractivity contribution in [2.45, 2.75) is 26.2 Å². The van der Waals surface area contributed by atoms with Gasteiger partial charge in [0.2, 0.25) is 0 Å². The van der Waals surface area contributed by atoms with E-state index in [1.54, 1.807) is 18.2 Å². The molecule has 0 aliphatic rings. The second-order valence-corrected chi connectivity index (χ2v) is 6.40. The highest BCUT2D eigenvalue weighted by atomic mass is 35.5. The van der Waals surface area contributed by atoms with Crippen LogP contribution in [-0.2, 0) is 11.2 Å². The number of nitro groups is 1. The maximum absolute atomic E-state index is 12.3. The highest BCUT2D eigenvalue weighted by molar-refractivity contribution is 6.33. The summed E-state index contributed by atoms with van der Waals surface area (Å²) < 4.78 is 0. The molecule has 0 spiro atoms. The van der Waals surface area contributed by atoms with E-state index in [4.69, 9.17) is 11.6 Å². The standard InChI is InChI=1S/C20H19ClN4O3/c1-2-3-4-14-5-7-16(8-6-14)24-20(26)15(12-22)13-23-19-11-17(25(27)28)9-10-18(19)21/h5-11,13,23H,2-4H2,1H3,(H,24,26)/b15-13-. The molecule has 0 atom stereocenters. The zero-order valence-electron chi connectivity index (χ0n) is 15.2. The molecule has 2 rings (SSSR count). The average Bonchev–Trinajstić information content (AvgIpc) is 2.69. The van der Waals surface area contributed by atoms with E-state index >= 15 is 0 Å². The molecule has 0 aliphatic heterocycles. The number of hydrogen-bond acceptors (Lipinski definition) is 5. The van der Waals surface area contributed by atoms with Crippen LogP contribution in [0.5, 0.6) is 0 Å². The van der Waals surface area contributed by atoms with Crippen LogP contribution in [0.2, 0.25) is 5.02 Å². The molecule has 0 fully saturated rings. The van der Waals surface area contributed by atoms with Gasteiger partial charge in [0.25, 0.3) is 11.6 Å². The lowest BCUT2D eigenvalue weighted by molar-refractivity contribution is -0.384. The summed E-state index contributed by atoms with van der Waals surface area (Å²) in [6, 6.07) is 13.1. The zero-order chi connectivity index (χ0) is 20.5. The Kier molecular flexibility index (Phi) is 7.55. The fraction of sp³-hybridized carbons (Fsp3) is 0.200. The van der Waals surface area contributed by atoms with Gasteiger partial charge < -0.3 is 10.6 Å². The van der Waals surface area contributed by atoms with E-state index in [2.05, 4.69) is 17.6 Å². The Hall–Kier alpha value is -3.37. The third kappa shape index (κ3) is 5.83. The average molecular weight is 399 g/mol. The number of nitro benzene ring substituents is 1. The van der Waals surface area contributed by atoms with Crippen molar-refractivity contribution in [3.63, 3.8) is 0 Å². The summed E-state index contributed by atoms with van der Waals surface area (Å²) in [6.07, 6.45) is 4.34. The number of benzene rings is 2. The van der Waals surface area contributed by atoms with E-state index in [9.17, 15) is 20.2 Å². The number of hydrogen-bond donors (Lipinski definition) is 2. The molecule has 2 N–H and O–H groups in total. The molecular weight excluding hydrogens is 380 g/mol. The van der Waals surface area contributed by atoms with Crippen LogP contribution in [0.4, 0.5) is 17.1 Å². The predicted octanol–water partition coefficient (Wildman–Crippen LogP) is 5.05. The van der Waals surface area contributed by atoms with Crippen molar-refractivity contribution in [3.8, 4) is 6.07 Å². The van der Waals surface area contributed by atoms with E-state index < -0.39 is 10.8 Å². The smallest absolute Gasteiger partial charge is 0.271 e. The van der Waals surface area contributed by atoms with E-state index in [1.807, 2.05) is 12.1 Å². The topological polar surface area (TPSA) is 108 Å². The fourth-order valence-corrected chi connectivity index (χ4v) is 2.54. The number of halogens is 1. The van der Waals surface area contributed by atoms with Crippen LogP contribution in [0.3, 0.4) is 0 Å². The number of nitriles is 1. The Morgan fingerprint density at radius 3 is 2.61 bits per heavy atom. The van der Waals surface area contributed by atoms with Crippen molar-refractivity contribution >= 4 is 34.6 Å². The zero-order valence-corrected chi connectivity index (χ0v) is 16.0. The van der Waals surface area contributed by atoms with Crippen LogP contribution < -0.4 is 10.6 Å². The third-order valence-electron chi connectivity index (χ3n) is 3.93. The summed E-state index contributed by atoms with van der Waals surface area (Å²) in [7, 11) is 0. The minimum Gasteiger partial charge on any atom is -0.359 e. The monoisotopic (exact) mass is 398 g/mol. The van der Waals surface area contributed by atoms with Gasteiger partial charge in [-0.05, 0) is 36.6 Å². The lowest BCUT2D eigenvalue weighted by atomic mass is 10.1. The van der Waals surface area contributed by atoms with Crippen molar-refractivity contribution < 1.29 is 9.72 Å². The Labute approximate surface area is 167 Å². The first kappa shape index (κ1) is 20.9. The number of rotatable bonds is 8. The van der Waals surface area contributed by atoms with E-state index in [0.29, 0.717) is 5.69 Å². The van der Waals surface area contributed by atoms with Gasteiger partial charge in [0.15, 0.2) is 0 Å². The molecule has 0 bridgehead atoms. The summed E-state index contributed by atoms with van der Waals surface area (Å²) in [5, 5.41) is 25.6.